The summed E-state index contributed by atoms with van der Waals surface area (Å²) in [5.41, 5.74) is 2.63. The van der Waals surface area contributed by atoms with Gasteiger partial charge in [0.05, 0.1) is 11.8 Å². The van der Waals surface area contributed by atoms with Crippen LogP contribution in [-0.2, 0) is 11.3 Å². The molecule has 1 aromatic rings. The zero-order chi connectivity index (χ0) is 18.6. The van der Waals surface area contributed by atoms with Crippen LogP contribution in [0.2, 0.25) is 0 Å². The fourth-order valence-electron chi connectivity index (χ4n) is 2.66. The zero-order valence-corrected chi connectivity index (χ0v) is 16.3. The second kappa shape index (κ2) is 11.8. The molecule has 0 spiro atoms. The van der Waals surface area contributed by atoms with Gasteiger partial charge in [-0.3, -0.25) is 4.99 Å². The van der Waals surface area contributed by atoms with Gasteiger partial charge in [-0.05, 0) is 38.3 Å². The van der Waals surface area contributed by atoms with Crippen LogP contribution in [-0.4, -0.2) is 41.5 Å². The van der Waals surface area contributed by atoms with Crippen molar-refractivity contribution >= 4 is 24.1 Å². The van der Waals surface area contributed by atoms with E-state index < -0.39 is 0 Å². The Morgan fingerprint density at radius 1 is 1.35 bits per heavy atom. The van der Waals surface area contributed by atoms with Crippen LogP contribution < -0.4 is 5.32 Å². The molecule has 6 heteroatoms. The summed E-state index contributed by atoms with van der Waals surface area (Å²) in [4.78, 5) is 12.7. The summed E-state index contributed by atoms with van der Waals surface area (Å²) >= 11 is 1.80. The molecule has 26 heavy (non-hydrogen) atoms. The van der Waals surface area contributed by atoms with E-state index in [2.05, 4.69) is 39.6 Å². The highest BCUT2D eigenvalue weighted by Gasteiger charge is 2.15. The highest BCUT2D eigenvalue weighted by atomic mass is 32.2. The molecule has 1 aromatic heterocycles. The molecule has 2 rings (SSSR count). The molecule has 0 aromatic carbocycles. The van der Waals surface area contributed by atoms with Gasteiger partial charge in [0.2, 0.25) is 0 Å². The second-order valence-corrected chi connectivity index (χ2v) is 7.15. The van der Waals surface area contributed by atoms with Gasteiger partial charge in [0.1, 0.15) is 6.61 Å². The van der Waals surface area contributed by atoms with Gasteiger partial charge in [0, 0.05) is 29.6 Å². The monoisotopic (exact) mass is 372 g/mol. The molecule has 0 saturated heterocycles. The van der Waals surface area contributed by atoms with Gasteiger partial charge >= 0.3 is 0 Å². The first-order chi connectivity index (χ1) is 12.7. The van der Waals surface area contributed by atoms with Crippen LogP contribution >= 0.6 is 11.8 Å². The normalized spacial score (nSPS) is 15.7. The first kappa shape index (κ1) is 20.6. The van der Waals surface area contributed by atoms with E-state index in [1.807, 2.05) is 31.6 Å². The Kier molecular flexibility index (Phi) is 9.31. The Morgan fingerprint density at radius 2 is 2.08 bits per heavy atom. The van der Waals surface area contributed by atoms with Crippen molar-refractivity contribution < 1.29 is 4.74 Å². The fourth-order valence-corrected chi connectivity index (χ4v) is 3.28. The Bertz CT molecular complexity index is 634. The van der Waals surface area contributed by atoms with Crippen molar-refractivity contribution in [1.82, 2.24) is 15.3 Å². The summed E-state index contributed by atoms with van der Waals surface area (Å²) < 4.78 is 5.88. The van der Waals surface area contributed by atoms with Crippen LogP contribution in [0.3, 0.4) is 0 Å². The van der Waals surface area contributed by atoms with Crippen molar-refractivity contribution in [3.63, 3.8) is 0 Å². The van der Waals surface area contributed by atoms with Crippen LogP contribution in [0.25, 0.3) is 5.57 Å². The summed E-state index contributed by atoms with van der Waals surface area (Å²) in [7, 11) is 1.94. The third-order valence-corrected chi connectivity index (χ3v) is 5.01. The molecule has 1 heterocycles. The van der Waals surface area contributed by atoms with Gasteiger partial charge in [-0.25, -0.2) is 9.97 Å². The van der Waals surface area contributed by atoms with Crippen LogP contribution in [0.5, 0.6) is 0 Å². The van der Waals surface area contributed by atoms with Gasteiger partial charge < -0.3 is 10.1 Å². The molecule has 140 valence electrons. The van der Waals surface area contributed by atoms with Gasteiger partial charge in [-0.1, -0.05) is 31.6 Å². The average molecular weight is 373 g/mol. The summed E-state index contributed by atoms with van der Waals surface area (Å²) in [5.74, 6) is 2.52. The zero-order valence-electron chi connectivity index (χ0n) is 15.5. The maximum atomic E-state index is 5.88. The molecule has 0 unspecified atom stereocenters. The molecule has 5 nitrogen and oxygen atoms in total. The Balaban J connectivity index is 2.01. The van der Waals surface area contributed by atoms with Crippen molar-refractivity contribution in [2.75, 3.05) is 18.7 Å². The van der Waals surface area contributed by atoms with Crippen LogP contribution in [0, 0.1) is 0 Å². The minimum atomic E-state index is 0.373. The predicted octanol–water partition coefficient (Wildman–Crippen LogP) is 4.00. The average Bonchev–Trinajstić information content (AvgIpc) is 3.19. The summed E-state index contributed by atoms with van der Waals surface area (Å²) in [5, 5.41) is 3.12. The van der Waals surface area contributed by atoms with Gasteiger partial charge in [0.25, 0.3) is 0 Å². The number of nitrogens with one attached hydrogen (secondary N) is 1. The first-order valence-corrected chi connectivity index (χ1v) is 10.1. The van der Waals surface area contributed by atoms with Gasteiger partial charge in [-0.15, -0.1) is 11.8 Å². The minimum absolute atomic E-state index is 0.373. The standard InChI is InChI=1S/C20H28N4OS/c1-16(22-3)8-9-17(10-11-26-15-21-2)18-12-23-20(24-13-18)14-25-19-6-4-5-7-19/h8-10,12-13,19,21H,1,3-7,11,14-15H2,2H3/b9-8-,17-10+. The largest absolute Gasteiger partial charge is 0.370 e. The Morgan fingerprint density at radius 3 is 2.73 bits per heavy atom. The van der Waals surface area contributed by atoms with E-state index >= 15 is 0 Å². The van der Waals surface area contributed by atoms with E-state index in [0.717, 1.165) is 41.4 Å². The summed E-state index contributed by atoms with van der Waals surface area (Å²) in [6, 6.07) is 0. The minimum Gasteiger partial charge on any atom is -0.370 e. The smallest absolute Gasteiger partial charge is 0.153 e. The number of hydrogen-bond acceptors (Lipinski definition) is 6. The molecule has 0 bridgehead atoms. The van der Waals surface area contributed by atoms with Crippen LogP contribution in [0.15, 0.2) is 47.9 Å². The number of ether oxygens (including phenoxy) is 1. The third-order valence-electron chi connectivity index (χ3n) is 4.11. The fraction of sp³-hybridized carbons (Fsp3) is 0.450. The molecule has 0 aliphatic heterocycles. The van der Waals surface area contributed by atoms with E-state index in [-0.39, 0.29) is 0 Å². The van der Waals surface area contributed by atoms with E-state index in [1.54, 1.807) is 11.8 Å². The number of aliphatic imine (C=N–C) groups is 1. The maximum absolute atomic E-state index is 5.88. The predicted molar refractivity (Wildman–Crippen MR) is 111 cm³/mol. The highest BCUT2D eigenvalue weighted by molar-refractivity contribution is 7.99. The van der Waals surface area contributed by atoms with Crippen molar-refractivity contribution in [2.45, 2.75) is 38.4 Å². The lowest BCUT2D eigenvalue weighted by atomic mass is 10.1. The number of rotatable bonds is 11. The van der Waals surface area contributed by atoms with E-state index in [0.29, 0.717) is 18.4 Å². The number of hydrogen-bond donors (Lipinski definition) is 1. The number of thioether (sulfide) groups is 1. The lowest BCUT2D eigenvalue weighted by molar-refractivity contribution is 0.0417. The quantitative estimate of drug-likeness (QED) is 0.275. The van der Waals surface area contributed by atoms with Gasteiger partial charge in [-0.2, -0.15) is 0 Å². The molecule has 1 fully saturated rings. The van der Waals surface area contributed by atoms with E-state index in [1.165, 1.54) is 12.8 Å². The molecule has 1 N–H and O–H groups in total. The lowest BCUT2D eigenvalue weighted by Gasteiger charge is -2.10. The molecule has 1 aliphatic carbocycles. The summed E-state index contributed by atoms with van der Waals surface area (Å²) in [6.45, 7) is 7.79. The molecule has 0 atom stereocenters. The molecule has 0 amide bonds. The third kappa shape index (κ3) is 7.23. The van der Waals surface area contributed by atoms with Gasteiger partial charge in [0.15, 0.2) is 5.82 Å². The van der Waals surface area contributed by atoms with E-state index in [9.17, 15) is 0 Å². The number of allylic oxidation sites excluding steroid dienone is 3. The lowest BCUT2D eigenvalue weighted by Crippen LogP contribution is -2.09. The Labute approximate surface area is 160 Å². The molecule has 1 aliphatic rings. The molecular formula is C20H28N4OS. The number of nitrogens with zero attached hydrogens (tertiary/aromatic N) is 3. The molecule has 1 saturated carbocycles. The molecule has 0 radical (unpaired) electrons. The van der Waals surface area contributed by atoms with E-state index in [4.69, 9.17) is 4.74 Å². The highest BCUT2D eigenvalue weighted by Crippen LogP contribution is 2.22. The second-order valence-electron chi connectivity index (χ2n) is 6.12. The van der Waals surface area contributed by atoms with Crippen molar-refractivity contribution in [3.05, 3.63) is 54.3 Å². The number of aromatic nitrogens is 2. The Hall–Kier alpha value is -1.76. The molecular weight excluding hydrogens is 344 g/mol. The van der Waals surface area contributed by atoms with Crippen molar-refractivity contribution in [3.8, 4) is 0 Å². The maximum Gasteiger partial charge on any atom is 0.153 e. The topological polar surface area (TPSA) is 59.4 Å². The van der Waals surface area contributed by atoms with Crippen LogP contribution in [0.1, 0.15) is 37.1 Å². The van der Waals surface area contributed by atoms with Crippen molar-refractivity contribution in [2.24, 2.45) is 4.99 Å². The first-order valence-electron chi connectivity index (χ1n) is 8.92. The van der Waals surface area contributed by atoms with Crippen LogP contribution in [0.4, 0.5) is 0 Å². The summed E-state index contributed by atoms with van der Waals surface area (Å²) in [6.07, 6.45) is 14.9. The SMILES string of the molecule is C=NC(=C)/C=C\C(=C/CSCNC)c1cnc(COC2CCCC2)nc1. The van der Waals surface area contributed by atoms with Crippen molar-refractivity contribution in [1.29, 1.82) is 0 Å².